The molecule has 2 amide bonds. The number of amidine groups is 1. The molecule has 0 radical (unpaired) electrons. The van der Waals surface area contributed by atoms with E-state index < -0.39 is 5.91 Å². The fourth-order valence-corrected chi connectivity index (χ4v) is 4.28. The number of aliphatic imine (C=N–C) groups is 1. The summed E-state index contributed by atoms with van der Waals surface area (Å²) in [6, 6.07) is 21.0. The van der Waals surface area contributed by atoms with Gasteiger partial charge in [-0.05, 0) is 72.4 Å². The Balaban J connectivity index is 0.00000342. The van der Waals surface area contributed by atoms with Crippen molar-refractivity contribution in [2.24, 2.45) is 4.99 Å². The number of benzene rings is 3. The van der Waals surface area contributed by atoms with Crippen molar-refractivity contribution in [3.05, 3.63) is 88.8 Å². The maximum Gasteiger partial charge on any atom is 0.271 e. The van der Waals surface area contributed by atoms with E-state index in [0.717, 1.165) is 11.8 Å². The molecular weight excluding hydrogens is 554 g/mol. The molecule has 0 aromatic heterocycles. The summed E-state index contributed by atoms with van der Waals surface area (Å²) < 4.78 is 10.4. The second-order valence-corrected chi connectivity index (χ2v) is 8.43. The number of amides is 2. The number of hydrogen-bond acceptors (Lipinski definition) is 6. The molecule has 1 fully saturated rings. The molecule has 180 valence electrons. The van der Waals surface area contributed by atoms with Gasteiger partial charge in [0.25, 0.3) is 5.91 Å². The predicted octanol–water partition coefficient (Wildman–Crippen LogP) is 2.65. The number of nitrogens with zero attached hydrogens (tertiary/aromatic N) is 2. The van der Waals surface area contributed by atoms with Gasteiger partial charge in [-0.3, -0.25) is 14.5 Å². The van der Waals surface area contributed by atoms with Crippen LogP contribution < -0.4 is 36.7 Å². The van der Waals surface area contributed by atoms with Crippen LogP contribution in [0.4, 0.5) is 17.1 Å². The second kappa shape index (κ2) is 11.9. The Bertz CT molecular complexity index is 1280. The van der Waals surface area contributed by atoms with E-state index >= 15 is 0 Å². The van der Waals surface area contributed by atoms with Crippen molar-refractivity contribution in [2.45, 2.75) is 0 Å². The van der Waals surface area contributed by atoms with E-state index in [1.807, 2.05) is 0 Å². The van der Waals surface area contributed by atoms with Crippen molar-refractivity contribution < 1.29 is 36.0 Å². The van der Waals surface area contributed by atoms with Crippen LogP contribution in [0.2, 0.25) is 5.02 Å². The second-order valence-electron chi connectivity index (χ2n) is 7.01. The van der Waals surface area contributed by atoms with Crippen molar-refractivity contribution >= 4 is 57.4 Å². The molecule has 1 aliphatic rings. The van der Waals surface area contributed by atoms with E-state index in [1.165, 1.54) is 11.0 Å². The molecule has 1 N–H and O–H groups in total. The largest absolute Gasteiger partial charge is 1.00 e. The average molecular weight is 574 g/mol. The smallest absolute Gasteiger partial charge is 0.271 e. The molecule has 1 aliphatic heterocycles. The molecule has 0 bridgehead atoms. The summed E-state index contributed by atoms with van der Waals surface area (Å²) in [5.74, 6) is 0.524. The van der Waals surface area contributed by atoms with Gasteiger partial charge in [0.2, 0.25) is 5.91 Å². The standard InChI is InChI=1S/C25H20ClN3O4S.BrH/c1-32-18-11-7-16(8-12-18)27-25-29(17-9-13-19(33-2)14-10-17)24(31)22(34-25)15-23(30)28-21-6-4-3-5-20(21)26;/h3-15H,1-2H3,(H,28,30);1H/p-1/b22-15+,27-25?;. The number of thioether (sulfide) groups is 1. The molecule has 4 rings (SSSR count). The molecule has 1 saturated heterocycles. The highest BCUT2D eigenvalue weighted by atomic mass is 79.9. The summed E-state index contributed by atoms with van der Waals surface area (Å²) in [5.41, 5.74) is 1.69. The number of para-hydroxylation sites is 1. The zero-order valence-corrected chi connectivity index (χ0v) is 21.9. The monoisotopic (exact) mass is 572 g/mol. The Labute approximate surface area is 222 Å². The minimum Gasteiger partial charge on any atom is -1.00 e. The van der Waals surface area contributed by atoms with Gasteiger partial charge < -0.3 is 31.8 Å². The summed E-state index contributed by atoms with van der Waals surface area (Å²) in [4.78, 5) is 32.3. The molecule has 0 saturated carbocycles. The lowest BCUT2D eigenvalue weighted by Gasteiger charge is -2.16. The molecule has 7 nitrogen and oxygen atoms in total. The first-order chi connectivity index (χ1) is 16.5. The number of ether oxygens (including phenoxy) is 2. The fourth-order valence-electron chi connectivity index (χ4n) is 3.13. The maximum atomic E-state index is 13.3. The first-order valence-electron chi connectivity index (χ1n) is 10.1. The molecule has 1 heterocycles. The first kappa shape index (κ1) is 26.3. The van der Waals surface area contributed by atoms with E-state index in [0.29, 0.717) is 38.8 Å². The van der Waals surface area contributed by atoms with Gasteiger partial charge >= 0.3 is 0 Å². The maximum absolute atomic E-state index is 13.3. The van der Waals surface area contributed by atoms with Crippen molar-refractivity contribution in [3.8, 4) is 11.5 Å². The van der Waals surface area contributed by atoms with Crippen LogP contribution in [-0.2, 0) is 9.59 Å². The summed E-state index contributed by atoms with van der Waals surface area (Å²) >= 11 is 7.23. The van der Waals surface area contributed by atoms with Gasteiger partial charge in [-0.15, -0.1) is 0 Å². The normalized spacial score (nSPS) is 15.2. The molecule has 0 spiro atoms. The molecule has 3 aromatic carbocycles. The Morgan fingerprint density at radius 2 is 1.57 bits per heavy atom. The number of halogens is 2. The fraction of sp³-hybridized carbons (Fsp3) is 0.0800. The van der Waals surface area contributed by atoms with Crippen LogP contribution in [0.3, 0.4) is 0 Å². The molecule has 0 aliphatic carbocycles. The minimum absolute atomic E-state index is 0. The van der Waals surface area contributed by atoms with E-state index in [9.17, 15) is 9.59 Å². The van der Waals surface area contributed by atoms with E-state index in [2.05, 4.69) is 10.3 Å². The Morgan fingerprint density at radius 1 is 0.971 bits per heavy atom. The van der Waals surface area contributed by atoms with Crippen LogP contribution >= 0.6 is 23.4 Å². The Hall–Kier alpha value is -3.27. The molecule has 0 unspecified atom stereocenters. The lowest BCUT2D eigenvalue weighted by atomic mass is 10.2. The number of hydrogen-bond donors (Lipinski definition) is 1. The summed E-state index contributed by atoms with van der Waals surface area (Å²) in [6.07, 6.45) is 1.25. The third kappa shape index (κ3) is 6.25. The summed E-state index contributed by atoms with van der Waals surface area (Å²) in [7, 11) is 3.16. The third-order valence-corrected chi connectivity index (χ3v) is 6.13. The van der Waals surface area contributed by atoms with Crippen LogP contribution in [0.25, 0.3) is 0 Å². The van der Waals surface area contributed by atoms with Crippen molar-refractivity contribution in [1.29, 1.82) is 0 Å². The highest BCUT2D eigenvalue weighted by Gasteiger charge is 2.35. The van der Waals surface area contributed by atoms with Crippen molar-refractivity contribution in [1.82, 2.24) is 0 Å². The lowest BCUT2D eigenvalue weighted by Crippen LogP contribution is -3.00. The zero-order chi connectivity index (χ0) is 24.1. The van der Waals surface area contributed by atoms with Gasteiger partial charge in [-0.25, -0.2) is 4.99 Å². The third-order valence-electron chi connectivity index (χ3n) is 4.83. The number of carbonyl (C=O) groups excluding carboxylic acids is 2. The molecule has 0 atom stereocenters. The van der Waals surface area contributed by atoms with E-state index in [1.54, 1.807) is 87.0 Å². The first-order valence-corrected chi connectivity index (χ1v) is 11.3. The topological polar surface area (TPSA) is 80.2 Å². The van der Waals surface area contributed by atoms with E-state index in [4.69, 9.17) is 21.1 Å². The number of carbonyl (C=O) groups is 2. The van der Waals surface area contributed by atoms with Crippen molar-refractivity contribution in [2.75, 3.05) is 24.4 Å². The highest BCUT2D eigenvalue weighted by molar-refractivity contribution is 8.19. The Morgan fingerprint density at radius 3 is 2.17 bits per heavy atom. The Kier molecular flexibility index (Phi) is 8.97. The van der Waals surface area contributed by atoms with Crippen LogP contribution in [0, 0.1) is 0 Å². The van der Waals surface area contributed by atoms with Gasteiger partial charge in [0, 0.05) is 6.08 Å². The van der Waals surface area contributed by atoms with Crippen LogP contribution in [0.1, 0.15) is 0 Å². The zero-order valence-electron chi connectivity index (χ0n) is 18.7. The molecule has 3 aromatic rings. The SMILES string of the molecule is COc1ccc(N=C2S/C(=C/C(=O)Nc3ccccc3Cl)C(=O)N2c2ccc(OC)cc2)cc1.[Br-]. The van der Waals surface area contributed by atoms with Crippen LogP contribution in [0.5, 0.6) is 11.5 Å². The van der Waals surface area contributed by atoms with Gasteiger partial charge in [-0.2, -0.15) is 0 Å². The average Bonchev–Trinajstić information content (AvgIpc) is 3.15. The van der Waals surface area contributed by atoms with Crippen LogP contribution in [0.15, 0.2) is 88.8 Å². The number of methoxy groups -OCH3 is 2. The van der Waals surface area contributed by atoms with Gasteiger partial charge in [0.05, 0.1) is 41.2 Å². The molecule has 10 heteroatoms. The van der Waals surface area contributed by atoms with Gasteiger partial charge in [-0.1, -0.05) is 23.7 Å². The summed E-state index contributed by atoms with van der Waals surface area (Å²) in [6.45, 7) is 0. The van der Waals surface area contributed by atoms with Crippen LogP contribution in [-0.4, -0.2) is 31.2 Å². The lowest BCUT2D eigenvalue weighted by molar-refractivity contribution is -0.115. The minimum atomic E-state index is -0.468. The van der Waals surface area contributed by atoms with Gasteiger partial charge in [0.15, 0.2) is 5.17 Å². The number of anilines is 2. The number of nitrogens with one attached hydrogen (secondary N) is 1. The van der Waals surface area contributed by atoms with E-state index in [-0.39, 0.29) is 27.8 Å². The quantitative estimate of drug-likeness (QED) is 0.459. The predicted molar refractivity (Wildman–Crippen MR) is 136 cm³/mol. The number of rotatable bonds is 6. The van der Waals surface area contributed by atoms with Gasteiger partial charge in [0.1, 0.15) is 11.5 Å². The summed E-state index contributed by atoms with van der Waals surface area (Å²) in [5, 5.41) is 3.52. The molecule has 35 heavy (non-hydrogen) atoms. The van der Waals surface area contributed by atoms with Crippen molar-refractivity contribution in [3.63, 3.8) is 0 Å². The molecular formula is C25H20BrClN3O4S-. The highest BCUT2D eigenvalue weighted by Crippen LogP contribution is 2.37.